The number of rotatable bonds is 2. The predicted molar refractivity (Wildman–Crippen MR) is 105 cm³/mol. The number of carbonyl (C=O) groups is 2. The Balaban J connectivity index is 2.06. The quantitative estimate of drug-likeness (QED) is 0.567. The minimum atomic E-state index is -0.365. The first-order valence-electron chi connectivity index (χ1n) is 8.66. The Hall–Kier alpha value is -2.04. The Morgan fingerprint density at radius 1 is 1.15 bits per heavy atom. The lowest BCUT2D eigenvalue weighted by Gasteiger charge is -2.33. The van der Waals surface area contributed by atoms with E-state index in [-0.39, 0.29) is 27.8 Å². The van der Waals surface area contributed by atoms with Crippen LogP contribution in [0.15, 0.2) is 53.4 Å². The van der Waals surface area contributed by atoms with Gasteiger partial charge in [0.15, 0.2) is 5.78 Å². The number of amides is 1. The number of benzene rings is 1. The smallest absolute Gasteiger partial charge is 0.264 e. The number of carbonyl (C=O) groups excluding carboxylic acids is 2. The van der Waals surface area contributed by atoms with E-state index >= 15 is 0 Å². The molecule has 0 unspecified atom stereocenters. The third-order valence-corrected chi connectivity index (χ3v) is 5.30. The first-order chi connectivity index (χ1) is 12.5. The average molecular weight is 391 g/mol. The highest BCUT2D eigenvalue weighted by Crippen LogP contribution is 2.36. The summed E-state index contributed by atoms with van der Waals surface area (Å²) in [7, 11) is 0. The number of nitrogen functional groups attached to an aromatic ring is 1. The molecule has 1 aliphatic carbocycles. The van der Waals surface area contributed by atoms with Crippen LogP contribution < -0.4 is 5.73 Å². The molecule has 4 nitrogen and oxygen atoms in total. The molecule has 0 saturated heterocycles. The first-order valence-corrected chi connectivity index (χ1v) is 9.42. The Morgan fingerprint density at radius 2 is 1.88 bits per heavy atom. The van der Waals surface area contributed by atoms with E-state index in [0.717, 1.165) is 31.4 Å². The molecule has 1 fully saturated rings. The van der Waals surface area contributed by atoms with E-state index in [1.807, 2.05) is 6.08 Å². The van der Waals surface area contributed by atoms with E-state index in [0.29, 0.717) is 11.3 Å². The lowest BCUT2D eigenvalue weighted by molar-refractivity contribution is -0.110. The molecule has 0 radical (unpaired) electrons. The lowest BCUT2D eigenvalue weighted by Crippen LogP contribution is -2.33. The molecular weight excluding hydrogens is 371 g/mol. The minimum Gasteiger partial charge on any atom is -0.399 e. The van der Waals surface area contributed by atoms with Gasteiger partial charge in [-0.05, 0) is 49.1 Å². The van der Waals surface area contributed by atoms with Crippen molar-refractivity contribution in [2.45, 2.75) is 32.1 Å². The number of hydrogen-bond acceptors (Lipinski definition) is 3. The van der Waals surface area contributed by atoms with Gasteiger partial charge >= 0.3 is 0 Å². The topological polar surface area (TPSA) is 63.4 Å². The molecule has 1 aromatic carbocycles. The molecule has 3 rings (SSSR count). The van der Waals surface area contributed by atoms with E-state index in [4.69, 9.17) is 28.9 Å². The third kappa shape index (κ3) is 4.02. The maximum absolute atomic E-state index is 13.3. The second-order valence-corrected chi connectivity index (χ2v) is 7.33. The summed E-state index contributed by atoms with van der Waals surface area (Å²) in [5, 5.41) is 0.334. The Morgan fingerprint density at radius 3 is 2.58 bits per heavy atom. The summed E-state index contributed by atoms with van der Waals surface area (Å²) in [6.45, 7) is 0. The van der Waals surface area contributed by atoms with E-state index in [2.05, 4.69) is 0 Å². The Kier molecular flexibility index (Phi) is 5.84. The maximum atomic E-state index is 13.3. The van der Waals surface area contributed by atoms with Crippen LogP contribution in [0.4, 0.5) is 5.69 Å². The Bertz CT molecular complexity index is 821. The van der Waals surface area contributed by atoms with Crippen molar-refractivity contribution < 1.29 is 9.59 Å². The number of allylic oxidation sites excluding steroid dienone is 5. The molecule has 1 aliphatic heterocycles. The van der Waals surface area contributed by atoms with Gasteiger partial charge in [0.2, 0.25) is 0 Å². The summed E-state index contributed by atoms with van der Waals surface area (Å²) < 4.78 is 0. The normalized spacial score (nSPS) is 18.8. The second kappa shape index (κ2) is 8.11. The van der Waals surface area contributed by atoms with Gasteiger partial charge in [0.1, 0.15) is 5.16 Å². The van der Waals surface area contributed by atoms with Crippen LogP contribution in [-0.4, -0.2) is 16.6 Å². The van der Waals surface area contributed by atoms with Crippen molar-refractivity contribution in [2.24, 2.45) is 5.92 Å². The summed E-state index contributed by atoms with van der Waals surface area (Å²) in [4.78, 5) is 26.6. The second-order valence-electron chi connectivity index (χ2n) is 6.53. The molecule has 1 saturated carbocycles. The standard InChI is InChI=1S/C20H20Cl2N2O2/c21-17-11-14(23)9-10-16(17)20(26)24-18(13-5-2-1-3-6-13)8-4-7-15(25)12-19(24)22/h4,7-13H,1-3,5-6,23H2. The summed E-state index contributed by atoms with van der Waals surface area (Å²) in [5.41, 5.74) is 7.30. The predicted octanol–water partition coefficient (Wildman–Crippen LogP) is 5.05. The fraction of sp³-hybridized carbons (Fsp3) is 0.300. The van der Waals surface area contributed by atoms with Gasteiger partial charge in [-0.2, -0.15) is 0 Å². The van der Waals surface area contributed by atoms with E-state index < -0.39 is 0 Å². The van der Waals surface area contributed by atoms with Crippen molar-refractivity contribution >= 4 is 40.6 Å². The maximum Gasteiger partial charge on any atom is 0.264 e. The highest BCUT2D eigenvalue weighted by molar-refractivity contribution is 6.36. The molecule has 1 amide bonds. The van der Waals surface area contributed by atoms with Crippen LogP contribution in [0.5, 0.6) is 0 Å². The van der Waals surface area contributed by atoms with Crippen molar-refractivity contribution in [2.75, 3.05) is 5.73 Å². The number of ketones is 1. The molecule has 6 heteroatoms. The zero-order valence-corrected chi connectivity index (χ0v) is 15.8. The van der Waals surface area contributed by atoms with Crippen LogP contribution in [0.25, 0.3) is 0 Å². The molecule has 1 aromatic rings. The summed E-state index contributed by atoms with van der Waals surface area (Å²) in [6.07, 6.45) is 11.6. The number of nitrogens with two attached hydrogens (primary N) is 1. The highest BCUT2D eigenvalue weighted by atomic mass is 35.5. The van der Waals surface area contributed by atoms with Gasteiger partial charge < -0.3 is 5.73 Å². The van der Waals surface area contributed by atoms with Crippen molar-refractivity contribution in [1.82, 2.24) is 4.90 Å². The van der Waals surface area contributed by atoms with Gasteiger partial charge in [-0.15, -0.1) is 0 Å². The van der Waals surface area contributed by atoms with Crippen LogP contribution in [0.3, 0.4) is 0 Å². The van der Waals surface area contributed by atoms with Crippen LogP contribution in [0, 0.1) is 5.92 Å². The van der Waals surface area contributed by atoms with Crippen LogP contribution >= 0.6 is 23.2 Å². The molecule has 1 heterocycles. The molecular formula is C20H20Cl2N2O2. The van der Waals surface area contributed by atoms with Crippen LogP contribution in [0.2, 0.25) is 5.02 Å². The van der Waals surface area contributed by atoms with E-state index in [9.17, 15) is 9.59 Å². The SMILES string of the molecule is Nc1ccc(C(=O)N2C(Cl)=CC(=O)C=CC=C2C2CCCCC2)c(Cl)c1. The zero-order valence-electron chi connectivity index (χ0n) is 14.3. The Labute approximate surface area is 162 Å². The summed E-state index contributed by atoms with van der Waals surface area (Å²) >= 11 is 12.6. The van der Waals surface area contributed by atoms with Crippen molar-refractivity contribution in [3.63, 3.8) is 0 Å². The molecule has 0 spiro atoms. The van der Waals surface area contributed by atoms with Gasteiger partial charge in [0, 0.05) is 17.5 Å². The van der Waals surface area contributed by atoms with Gasteiger partial charge in [-0.1, -0.05) is 48.5 Å². The van der Waals surface area contributed by atoms with Crippen molar-refractivity contribution in [3.05, 3.63) is 63.9 Å². The van der Waals surface area contributed by atoms with Crippen LogP contribution in [-0.2, 0) is 4.79 Å². The number of hydrogen-bond donors (Lipinski definition) is 1. The van der Waals surface area contributed by atoms with Crippen molar-refractivity contribution in [3.8, 4) is 0 Å². The molecule has 2 aliphatic rings. The molecule has 26 heavy (non-hydrogen) atoms. The van der Waals surface area contributed by atoms with Gasteiger partial charge in [0.25, 0.3) is 5.91 Å². The molecule has 0 aromatic heterocycles. The summed E-state index contributed by atoms with van der Waals surface area (Å²) in [5.74, 6) is -0.424. The number of anilines is 1. The number of halogens is 2. The van der Waals surface area contributed by atoms with Gasteiger partial charge in [-0.25, -0.2) is 0 Å². The summed E-state index contributed by atoms with van der Waals surface area (Å²) in [6, 6.07) is 4.74. The van der Waals surface area contributed by atoms with Crippen molar-refractivity contribution in [1.29, 1.82) is 0 Å². The minimum absolute atomic E-state index is 0.0778. The monoisotopic (exact) mass is 390 g/mol. The molecule has 136 valence electrons. The molecule has 0 bridgehead atoms. The fourth-order valence-corrected chi connectivity index (χ4v) is 3.98. The van der Waals surface area contributed by atoms with E-state index in [1.54, 1.807) is 18.2 Å². The largest absolute Gasteiger partial charge is 0.399 e. The lowest BCUT2D eigenvalue weighted by atomic mass is 9.85. The fourth-order valence-electron chi connectivity index (χ4n) is 3.43. The van der Waals surface area contributed by atoms with E-state index in [1.165, 1.54) is 29.5 Å². The molecule has 0 atom stereocenters. The first kappa shape index (κ1) is 18.7. The third-order valence-electron chi connectivity index (χ3n) is 4.71. The zero-order chi connectivity index (χ0) is 18.7. The van der Waals surface area contributed by atoms with Gasteiger partial charge in [0.05, 0.1) is 10.6 Å². The van der Waals surface area contributed by atoms with Crippen LogP contribution in [0.1, 0.15) is 42.5 Å². The molecule has 2 N–H and O–H groups in total. The number of nitrogens with zero attached hydrogens (tertiary/aromatic N) is 1. The average Bonchev–Trinajstić information content (AvgIpc) is 2.60. The van der Waals surface area contributed by atoms with Gasteiger partial charge in [-0.3, -0.25) is 14.5 Å². The highest BCUT2D eigenvalue weighted by Gasteiger charge is 2.30.